The van der Waals surface area contributed by atoms with Crippen LogP contribution in [-0.4, -0.2) is 0 Å². The minimum atomic E-state index is 0.950. The van der Waals surface area contributed by atoms with Crippen LogP contribution in [0.2, 0.25) is 0 Å². The zero-order chi connectivity index (χ0) is 11.9. The second-order valence-electron chi connectivity index (χ2n) is 4.76. The van der Waals surface area contributed by atoms with E-state index >= 15 is 0 Å². The van der Waals surface area contributed by atoms with Crippen molar-refractivity contribution in [3.63, 3.8) is 0 Å². The first-order valence-corrected chi connectivity index (χ1v) is 6.20. The van der Waals surface area contributed by atoms with Gasteiger partial charge < -0.3 is 9.73 Å². The van der Waals surface area contributed by atoms with Gasteiger partial charge in [-0.1, -0.05) is 24.3 Å². The Balaban J connectivity index is 1.86. The highest BCUT2D eigenvalue weighted by Gasteiger charge is 2.11. The molecule has 0 saturated carbocycles. The monoisotopic (exact) mass is 235 g/mol. The van der Waals surface area contributed by atoms with Gasteiger partial charge in [-0.05, 0) is 40.5 Å². The molecule has 0 aliphatic carbocycles. The third-order valence-electron chi connectivity index (χ3n) is 3.63. The molecule has 0 fully saturated rings. The van der Waals surface area contributed by atoms with Gasteiger partial charge in [-0.25, -0.2) is 0 Å². The normalized spacial score (nSPS) is 14.0. The van der Waals surface area contributed by atoms with Crippen LogP contribution in [0.5, 0.6) is 0 Å². The second kappa shape index (κ2) is 3.72. The molecule has 0 amide bonds. The van der Waals surface area contributed by atoms with E-state index < -0.39 is 0 Å². The lowest BCUT2D eigenvalue weighted by Gasteiger charge is -2.04. The lowest BCUT2D eigenvalue weighted by molar-refractivity contribution is 0.616. The largest absolute Gasteiger partial charge is 0.464 e. The maximum absolute atomic E-state index is 5.46. The van der Waals surface area contributed by atoms with E-state index in [1.165, 1.54) is 22.3 Å². The number of fused-ring (bicyclic) bond motifs is 2. The number of rotatable bonds is 1. The second-order valence-corrected chi connectivity index (χ2v) is 4.76. The standard InChI is InChI=1S/C16H13NO/c1-2-13(8-16-11(1)5-6-18-16)12-3-4-14-9-17-10-15(14)7-12/h1-8,17H,9-10H2. The fraction of sp³-hybridized carbons (Fsp3) is 0.125. The van der Waals surface area contributed by atoms with Crippen LogP contribution in [0.15, 0.2) is 53.1 Å². The van der Waals surface area contributed by atoms with Gasteiger partial charge in [0, 0.05) is 18.5 Å². The third-order valence-corrected chi connectivity index (χ3v) is 3.63. The summed E-state index contributed by atoms with van der Waals surface area (Å²) in [6.07, 6.45) is 1.74. The number of furan rings is 1. The fourth-order valence-corrected chi connectivity index (χ4v) is 2.61. The van der Waals surface area contributed by atoms with E-state index in [-0.39, 0.29) is 0 Å². The first-order valence-electron chi connectivity index (χ1n) is 6.20. The van der Waals surface area contributed by atoms with Crippen molar-refractivity contribution in [2.45, 2.75) is 13.1 Å². The van der Waals surface area contributed by atoms with E-state index in [4.69, 9.17) is 4.42 Å². The molecule has 18 heavy (non-hydrogen) atoms. The van der Waals surface area contributed by atoms with Crippen LogP contribution in [0.25, 0.3) is 22.1 Å². The highest BCUT2D eigenvalue weighted by atomic mass is 16.3. The molecular formula is C16H13NO. The van der Waals surface area contributed by atoms with E-state index in [0.29, 0.717) is 0 Å². The molecule has 2 aromatic carbocycles. The van der Waals surface area contributed by atoms with Gasteiger partial charge in [0.15, 0.2) is 0 Å². The first-order chi connectivity index (χ1) is 8.90. The van der Waals surface area contributed by atoms with Gasteiger partial charge in [0.25, 0.3) is 0 Å². The van der Waals surface area contributed by atoms with Crippen molar-refractivity contribution in [2.24, 2.45) is 0 Å². The molecule has 0 unspecified atom stereocenters. The predicted octanol–water partition coefficient (Wildman–Crippen LogP) is 3.70. The molecule has 2 nitrogen and oxygen atoms in total. The molecule has 88 valence electrons. The number of hydrogen-bond donors (Lipinski definition) is 1. The van der Waals surface area contributed by atoms with Gasteiger partial charge in [0.1, 0.15) is 5.58 Å². The number of hydrogen-bond acceptors (Lipinski definition) is 2. The molecule has 0 radical (unpaired) electrons. The Bertz CT molecular complexity index is 727. The summed E-state index contributed by atoms with van der Waals surface area (Å²) in [5, 5.41) is 4.53. The fourth-order valence-electron chi connectivity index (χ4n) is 2.61. The quantitative estimate of drug-likeness (QED) is 0.695. The molecule has 0 bridgehead atoms. The average Bonchev–Trinajstić information content (AvgIpc) is 3.05. The maximum Gasteiger partial charge on any atom is 0.134 e. The van der Waals surface area contributed by atoms with Gasteiger partial charge in [-0.2, -0.15) is 0 Å². The molecule has 0 atom stereocenters. The summed E-state index contributed by atoms with van der Waals surface area (Å²) in [6, 6.07) is 15.1. The smallest absolute Gasteiger partial charge is 0.134 e. The highest BCUT2D eigenvalue weighted by molar-refractivity contribution is 5.83. The van der Waals surface area contributed by atoms with Crippen LogP contribution in [0.1, 0.15) is 11.1 Å². The lowest BCUT2D eigenvalue weighted by atomic mass is 10.00. The zero-order valence-electron chi connectivity index (χ0n) is 9.94. The number of nitrogens with one attached hydrogen (secondary N) is 1. The molecule has 4 rings (SSSR count). The molecule has 3 aromatic rings. The Morgan fingerprint density at radius 1 is 0.833 bits per heavy atom. The molecule has 1 aliphatic heterocycles. The van der Waals surface area contributed by atoms with Crippen LogP contribution in [-0.2, 0) is 13.1 Å². The van der Waals surface area contributed by atoms with Gasteiger partial charge in [-0.3, -0.25) is 0 Å². The molecule has 2 heterocycles. The summed E-state index contributed by atoms with van der Waals surface area (Å²) in [5.74, 6) is 0. The van der Waals surface area contributed by atoms with Crippen molar-refractivity contribution in [1.29, 1.82) is 0 Å². The average molecular weight is 235 g/mol. The summed E-state index contributed by atoms with van der Waals surface area (Å²) < 4.78 is 5.46. The zero-order valence-corrected chi connectivity index (χ0v) is 9.94. The Morgan fingerprint density at radius 2 is 1.67 bits per heavy atom. The van der Waals surface area contributed by atoms with E-state index in [2.05, 4.69) is 41.7 Å². The highest BCUT2D eigenvalue weighted by Crippen LogP contribution is 2.28. The van der Waals surface area contributed by atoms with Crippen molar-refractivity contribution >= 4 is 11.0 Å². The molecule has 1 aromatic heterocycles. The van der Waals surface area contributed by atoms with Gasteiger partial charge in [0.05, 0.1) is 6.26 Å². The minimum Gasteiger partial charge on any atom is -0.464 e. The molecule has 0 saturated heterocycles. The van der Waals surface area contributed by atoms with E-state index in [1.54, 1.807) is 6.26 Å². The van der Waals surface area contributed by atoms with Gasteiger partial charge in [0.2, 0.25) is 0 Å². The Hall–Kier alpha value is -2.06. The van der Waals surface area contributed by atoms with Crippen molar-refractivity contribution < 1.29 is 4.42 Å². The Kier molecular flexibility index (Phi) is 2.05. The molecule has 1 N–H and O–H groups in total. The van der Waals surface area contributed by atoms with Crippen LogP contribution in [0.4, 0.5) is 0 Å². The minimum absolute atomic E-state index is 0.950. The Labute approximate surface area is 105 Å². The van der Waals surface area contributed by atoms with E-state index in [9.17, 15) is 0 Å². The van der Waals surface area contributed by atoms with Crippen LogP contribution in [0, 0.1) is 0 Å². The summed E-state index contributed by atoms with van der Waals surface area (Å²) in [5.41, 5.74) is 6.25. The summed E-state index contributed by atoms with van der Waals surface area (Å²) in [6.45, 7) is 1.97. The van der Waals surface area contributed by atoms with Crippen molar-refractivity contribution in [3.8, 4) is 11.1 Å². The Morgan fingerprint density at radius 3 is 2.67 bits per heavy atom. The van der Waals surface area contributed by atoms with E-state index in [0.717, 1.165) is 24.1 Å². The SMILES string of the molecule is c1cc2ccc(-c3ccc4c(c3)CNC4)cc2o1. The summed E-state index contributed by atoms with van der Waals surface area (Å²) in [7, 11) is 0. The van der Waals surface area contributed by atoms with Crippen molar-refractivity contribution in [3.05, 3.63) is 59.9 Å². The van der Waals surface area contributed by atoms with Crippen LogP contribution >= 0.6 is 0 Å². The third kappa shape index (κ3) is 1.46. The molecule has 1 aliphatic rings. The van der Waals surface area contributed by atoms with Crippen molar-refractivity contribution in [1.82, 2.24) is 5.32 Å². The molecule has 0 spiro atoms. The lowest BCUT2D eigenvalue weighted by Crippen LogP contribution is -1.99. The first kappa shape index (κ1) is 9.92. The molecular weight excluding hydrogens is 222 g/mol. The molecule has 2 heteroatoms. The van der Waals surface area contributed by atoms with Crippen LogP contribution < -0.4 is 5.32 Å². The van der Waals surface area contributed by atoms with Gasteiger partial charge in [-0.15, -0.1) is 0 Å². The summed E-state index contributed by atoms with van der Waals surface area (Å²) in [4.78, 5) is 0. The van der Waals surface area contributed by atoms with Crippen LogP contribution in [0.3, 0.4) is 0 Å². The van der Waals surface area contributed by atoms with Gasteiger partial charge >= 0.3 is 0 Å². The number of benzene rings is 2. The summed E-state index contributed by atoms with van der Waals surface area (Å²) >= 11 is 0. The predicted molar refractivity (Wildman–Crippen MR) is 72.2 cm³/mol. The van der Waals surface area contributed by atoms with E-state index in [1.807, 2.05) is 6.07 Å². The topological polar surface area (TPSA) is 25.2 Å². The maximum atomic E-state index is 5.46. The van der Waals surface area contributed by atoms with Crippen molar-refractivity contribution in [2.75, 3.05) is 0 Å².